The molecule has 9 heteroatoms. The molecule has 0 aliphatic carbocycles. The van der Waals surface area contributed by atoms with E-state index in [9.17, 15) is 14.0 Å². The molecule has 1 N–H and O–H groups in total. The van der Waals surface area contributed by atoms with Gasteiger partial charge in [-0.2, -0.15) is 0 Å². The third kappa shape index (κ3) is 4.41. The molecular formula is C25H26FN5O2S. The van der Waals surface area contributed by atoms with Crippen LogP contribution in [0.25, 0.3) is 21.0 Å². The van der Waals surface area contributed by atoms with Crippen LogP contribution in [0.5, 0.6) is 0 Å². The fraction of sp³-hybridized carbons (Fsp3) is 0.320. The maximum absolute atomic E-state index is 14.0. The summed E-state index contributed by atoms with van der Waals surface area (Å²) in [4.78, 5) is 34.0. The first kappa shape index (κ1) is 22.5. The number of anilines is 1. The highest BCUT2D eigenvalue weighted by molar-refractivity contribution is 7.17. The second-order valence-electron chi connectivity index (χ2n) is 8.47. The van der Waals surface area contributed by atoms with Crippen molar-refractivity contribution in [1.82, 2.24) is 19.8 Å². The Balaban J connectivity index is 1.30. The van der Waals surface area contributed by atoms with Crippen LogP contribution >= 0.6 is 11.3 Å². The minimum Gasteiger partial charge on any atom is -0.358 e. The lowest BCUT2D eigenvalue weighted by Crippen LogP contribution is -2.47. The average molecular weight is 480 g/mol. The van der Waals surface area contributed by atoms with Crippen molar-refractivity contribution in [1.29, 1.82) is 0 Å². The van der Waals surface area contributed by atoms with Gasteiger partial charge in [0.1, 0.15) is 18.2 Å². The molecule has 1 amide bonds. The Morgan fingerprint density at radius 1 is 1.12 bits per heavy atom. The summed E-state index contributed by atoms with van der Waals surface area (Å²) in [6.07, 6.45) is 2.55. The second-order valence-corrected chi connectivity index (χ2v) is 9.42. The number of pyridine rings is 2. The molecule has 1 saturated heterocycles. The molecule has 0 saturated carbocycles. The number of thiophene rings is 1. The van der Waals surface area contributed by atoms with E-state index in [0.717, 1.165) is 49.5 Å². The molecule has 34 heavy (non-hydrogen) atoms. The van der Waals surface area contributed by atoms with Crippen LogP contribution in [0.2, 0.25) is 0 Å². The number of benzene rings is 1. The van der Waals surface area contributed by atoms with E-state index < -0.39 is 5.82 Å². The monoisotopic (exact) mass is 479 g/mol. The molecule has 1 aromatic carbocycles. The third-order valence-electron chi connectivity index (χ3n) is 6.47. The average Bonchev–Trinajstić information content (AvgIpc) is 3.34. The van der Waals surface area contributed by atoms with Crippen LogP contribution in [-0.2, 0) is 17.8 Å². The number of nitrogens with one attached hydrogen (secondary N) is 1. The van der Waals surface area contributed by atoms with Gasteiger partial charge >= 0.3 is 0 Å². The molecule has 4 heterocycles. The summed E-state index contributed by atoms with van der Waals surface area (Å²) in [5.41, 5.74) is 1.03. The molecule has 0 bridgehead atoms. The Bertz CT molecular complexity index is 1410. The number of piperazine rings is 1. The summed E-state index contributed by atoms with van der Waals surface area (Å²) in [5, 5.41) is 6.63. The van der Waals surface area contributed by atoms with E-state index in [1.165, 1.54) is 33.8 Å². The highest BCUT2D eigenvalue weighted by Gasteiger charge is 2.20. The summed E-state index contributed by atoms with van der Waals surface area (Å²) >= 11 is 1.73. The standard InChI is InChI=1S/C25H26FN5O2S/c1-27-23(32)16-31-21-15-18(26)2-3-19(21)17(14-24(31)33)5-8-29-9-11-30(12-10-29)25-20-6-13-34-22(20)4-7-28-25/h2-4,6-7,13-15H,5,8-12,16H2,1H3,(H,27,32). The quantitative estimate of drug-likeness (QED) is 0.461. The molecule has 0 spiro atoms. The Labute approximate surface area is 200 Å². The summed E-state index contributed by atoms with van der Waals surface area (Å²) in [5.74, 6) is 0.317. The minimum absolute atomic E-state index is 0.136. The van der Waals surface area contributed by atoms with Gasteiger partial charge in [0.25, 0.3) is 5.56 Å². The number of carbonyl (C=O) groups excluding carboxylic acids is 1. The van der Waals surface area contributed by atoms with Gasteiger partial charge < -0.3 is 10.2 Å². The maximum atomic E-state index is 14.0. The fourth-order valence-electron chi connectivity index (χ4n) is 4.61. The Hall–Kier alpha value is -3.30. The molecule has 1 aliphatic heterocycles. The van der Waals surface area contributed by atoms with Crippen molar-refractivity contribution in [3.05, 3.63) is 69.7 Å². The Kier molecular flexibility index (Phi) is 6.30. The van der Waals surface area contributed by atoms with Gasteiger partial charge in [-0.05, 0) is 47.7 Å². The molecule has 0 atom stereocenters. The zero-order chi connectivity index (χ0) is 23.7. The van der Waals surface area contributed by atoms with E-state index in [2.05, 4.69) is 37.6 Å². The summed E-state index contributed by atoms with van der Waals surface area (Å²) in [6, 6.07) is 10.2. The number of likely N-dealkylation sites (N-methyl/N-ethyl adjacent to an activating group) is 1. The first-order valence-electron chi connectivity index (χ1n) is 11.4. The minimum atomic E-state index is -0.430. The van der Waals surface area contributed by atoms with Gasteiger partial charge in [-0.3, -0.25) is 19.1 Å². The third-order valence-corrected chi connectivity index (χ3v) is 7.35. The van der Waals surface area contributed by atoms with Gasteiger partial charge in [0, 0.05) is 67.5 Å². The molecule has 1 fully saturated rings. The highest BCUT2D eigenvalue weighted by Crippen LogP contribution is 2.29. The lowest BCUT2D eigenvalue weighted by Gasteiger charge is -2.35. The van der Waals surface area contributed by atoms with Crippen LogP contribution < -0.4 is 15.8 Å². The zero-order valence-electron chi connectivity index (χ0n) is 19.0. The molecule has 176 valence electrons. The lowest BCUT2D eigenvalue weighted by molar-refractivity contribution is -0.121. The SMILES string of the molecule is CNC(=O)Cn1c(=O)cc(CCN2CCN(c3nccc4sccc34)CC2)c2ccc(F)cc21. The van der Waals surface area contributed by atoms with Crippen molar-refractivity contribution in [3.63, 3.8) is 0 Å². The topological polar surface area (TPSA) is 70.5 Å². The number of hydrogen-bond acceptors (Lipinski definition) is 6. The molecule has 4 aromatic rings. The van der Waals surface area contributed by atoms with Crippen LogP contribution in [0.1, 0.15) is 5.56 Å². The van der Waals surface area contributed by atoms with Crippen molar-refractivity contribution in [2.24, 2.45) is 0 Å². The van der Waals surface area contributed by atoms with E-state index in [0.29, 0.717) is 11.9 Å². The van der Waals surface area contributed by atoms with E-state index in [-0.39, 0.29) is 18.0 Å². The smallest absolute Gasteiger partial charge is 0.251 e. The Morgan fingerprint density at radius 3 is 2.74 bits per heavy atom. The number of fused-ring (bicyclic) bond motifs is 2. The number of aromatic nitrogens is 2. The largest absolute Gasteiger partial charge is 0.358 e. The zero-order valence-corrected chi connectivity index (χ0v) is 19.8. The fourth-order valence-corrected chi connectivity index (χ4v) is 5.39. The molecule has 7 nitrogen and oxygen atoms in total. The van der Waals surface area contributed by atoms with Crippen molar-refractivity contribution < 1.29 is 9.18 Å². The van der Waals surface area contributed by atoms with Crippen LogP contribution in [0, 0.1) is 5.82 Å². The number of carbonyl (C=O) groups is 1. The lowest BCUT2D eigenvalue weighted by atomic mass is 10.0. The van der Waals surface area contributed by atoms with Crippen molar-refractivity contribution >= 4 is 44.1 Å². The van der Waals surface area contributed by atoms with Crippen LogP contribution in [0.3, 0.4) is 0 Å². The number of hydrogen-bond donors (Lipinski definition) is 1. The van der Waals surface area contributed by atoms with Crippen LogP contribution in [0.4, 0.5) is 10.2 Å². The number of nitrogens with zero attached hydrogens (tertiary/aromatic N) is 4. The molecule has 3 aromatic heterocycles. The van der Waals surface area contributed by atoms with Gasteiger partial charge in [0.05, 0.1) is 5.52 Å². The number of halogens is 1. The van der Waals surface area contributed by atoms with Crippen molar-refractivity contribution in [3.8, 4) is 0 Å². The maximum Gasteiger partial charge on any atom is 0.251 e. The predicted octanol–water partition coefficient (Wildman–Crippen LogP) is 2.86. The summed E-state index contributed by atoms with van der Waals surface area (Å²) in [7, 11) is 1.51. The van der Waals surface area contributed by atoms with E-state index in [1.807, 2.05) is 6.20 Å². The number of amides is 1. The molecular weight excluding hydrogens is 453 g/mol. The van der Waals surface area contributed by atoms with Gasteiger partial charge in [0.15, 0.2) is 0 Å². The van der Waals surface area contributed by atoms with E-state index in [4.69, 9.17) is 0 Å². The van der Waals surface area contributed by atoms with Gasteiger partial charge in [-0.25, -0.2) is 9.37 Å². The predicted molar refractivity (Wildman–Crippen MR) is 134 cm³/mol. The van der Waals surface area contributed by atoms with Crippen molar-refractivity contribution in [2.45, 2.75) is 13.0 Å². The van der Waals surface area contributed by atoms with Gasteiger partial charge in [0.2, 0.25) is 5.91 Å². The van der Waals surface area contributed by atoms with Crippen molar-refractivity contribution in [2.75, 3.05) is 44.7 Å². The summed E-state index contributed by atoms with van der Waals surface area (Å²) in [6.45, 7) is 4.26. The van der Waals surface area contributed by atoms with Crippen LogP contribution in [-0.4, -0.2) is 60.1 Å². The Morgan fingerprint density at radius 2 is 1.94 bits per heavy atom. The highest BCUT2D eigenvalue weighted by atomic mass is 32.1. The summed E-state index contributed by atoms with van der Waals surface area (Å²) < 4.78 is 16.6. The first-order chi connectivity index (χ1) is 16.5. The molecule has 1 aliphatic rings. The van der Waals surface area contributed by atoms with E-state index in [1.54, 1.807) is 23.5 Å². The molecule has 0 unspecified atom stereocenters. The number of rotatable bonds is 6. The second kappa shape index (κ2) is 9.52. The van der Waals surface area contributed by atoms with Crippen LogP contribution in [0.15, 0.2) is 52.8 Å². The molecule has 0 radical (unpaired) electrons. The first-order valence-corrected chi connectivity index (χ1v) is 12.2. The normalized spacial score (nSPS) is 14.7. The van der Waals surface area contributed by atoms with Gasteiger partial charge in [-0.1, -0.05) is 0 Å². The molecule has 5 rings (SSSR count). The van der Waals surface area contributed by atoms with Gasteiger partial charge in [-0.15, -0.1) is 11.3 Å². The van der Waals surface area contributed by atoms with E-state index >= 15 is 0 Å².